The van der Waals surface area contributed by atoms with Crippen LogP contribution in [0.4, 0.5) is 18.9 Å². The monoisotopic (exact) mass is 299 g/mol. The van der Waals surface area contributed by atoms with Gasteiger partial charge >= 0.3 is 6.18 Å². The van der Waals surface area contributed by atoms with Crippen molar-refractivity contribution in [3.05, 3.63) is 29.3 Å². The Balaban J connectivity index is 2.38. The molecule has 3 N–H and O–H groups in total. The lowest BCUT2D eigenvalue weighted by Crippen LogP contribution is -2.39. The van der Waals surface area contributed by atoms with Crippen LogP contribution in [0, 0.1) is 17.2 Å². The molecular weight excluding hydrogens is 279 g/mol. The summed E-state index contributed by atoms with van der Waals surface area (Å²) in [6, 6.07) is 3.47. The van der Waals surface area contributed by atoms with Gasteiger partial charge in [0.15, 0.2) is 0 Å². The Morgan fingerprint density at radius 3 is 2.48 bits per heavy atom. The molecule has 6 heteroatoms. The van der Waals surface area contributed by atoms with E-state index in [-0.39, 0.29) is 11.4 Å². The fourth-order valence-electron chi connectivity index (χ4n) is 2.69. The molecule has 2 unspecified atom stereocenters. The van der Waals surface area contributed by atoms with Crippen molar-refractivity contribution in [2.45, 2.75) is 26.4 Å². The number of benzene rings is 1. The minimum atomic E-state index is -4.42. The number of nitrogen functional groups attached to an aromatic ring is 1. The standard InChI is InChI=1S/C15H20F3N3/c1-9-5-6-21(8-10(9)2)13-4-3-11(15(16,17)18)7-12(13)14(19)20/h3-4,7,9-10H,5-6,8H2,1-2H3,(H3,19,20). The highest BCUT2D eigenvalue weighted by Crippen LogP contribution is 2.34. The molecule has 116 valence electrons. The first-order valence-electron chi connectivity index (χ1n) is 7.00. The van der Waals surface area contributed by atoms with Crippen molar-refractivity contribution >= 4 is 11.5 Å². The predicted octanol–water partition coefficient (Wildman–Crippen LogP) is 3.47. The first-order valence-corrected chi connectivity index (χ1v) is 7.00. The fraction of sp³-hybridized carbons (Fsp3) is 0.533. The highest BCUT2D eigenvalue weighted by Gasteiger charge is 2.32. The van der Waals surface area contributed by atoms with Crippen LogP contribution in [0.2, 0.25) is 0 Å². The Morgan fingerprint density at radius 2 is 1.95 bits per heavy atom. The first kappa shape index (κ1) is 15.7. The zero-order chi connectivity index (χ0) is 15.8. The molecule has 2 atom stereocenters. The lowest BCUT2D eigenvalue weighted by atomic mass is 9.88. The highest BCUT2D eigenvalue weighted by atomic mass is 19.4. The van der Waals surface area contributed by atoms with E-state index in [2.05, 4.69) is 13.8 Å². The number of nitrogens with two attached hydrogens (primary N) is 1. The van der Waals surface area contributed by atoms with Gasteiger partial charge in [-0.2, -0.15) is 13.2 Å². The van der Waals surface area contributed by atoms with E-state index >= 15 is 0 Å². The predicted molar refractivity (Wildman–Crippen MR) is 77.6 cm³/mol. The quantitative estimate of drug-likeness (QED) is 0.649. The van der Waals surface area contributed by atoms with Gasteiger partial charge in [0.25, 0.3) is 0 Å². The molecule has 1 saturated heterocycles. The molecular formula is C15H20F3N3. The summed E-state index contributed by atoms with van der Waals surface area (Å²) in [5.41, 5.74) is 5.49. The normalized spacial score (nSPS) is 23.2. The number of nitrogens with one attached hydrogen (secondary N) is 1. The molecule has 0 radical (unpaired) electrons. The van der Waals surface area contributed by atoms with E-state index in [1.807, 2.05) is 4.90 Å². The number of rotatable bonds is 2. The van der Waals surface area contributed by atoms with Gasteiger partial charge in [0, 0.05) is 24.3 Å². The van der Waals surface area contributed by atoms with Crippen molar-refractivity contribution in [1.82, 2.24) is 0 Å². The van der Waals surface area contributed by atoms with Crippen molar-refractivity contribution in [1.29, 1.82) is 5.41 Å². The Kier molecular flexibility index (Phi) is 4.16. The van der Waals surface area contributed by atoms with Gasteiger partial charge in [-0.3, -0.25) is 5.41 Å². The van der Waals surface area contributed by atoms with Gasteiger partial charge in [-0.05, 0) is 36.5 Å². The summed E-state index contributed by atoms with van der Waals surface area (Å²) in [7, 11) is 0. The zero-order valence-electron chi connectivity index (χ0n) is 12.2. The molecule has 1 heterocycles. The van der Waals surface area contributed by atoms with Crippen LogP contribution in [0.15, 0.2) is 18.2 Å². The molecule has 0 saturated carbocycles. The number of piperidine rings is 1. The van der Waals surface area contributed by atoms with E-state index in [1.54, 1.807) is 0 Å². The lowest BCUT2D eigenvalue weighted by molar-refractivity contribution is -0.137. The van der Waals surface area contributed by atoms with Crippen molar-refractivity contribution < 1.29 is 13.2 Å². The Bertz CT molecular complexity index is 539. The molecule has 3 nitrogen and oxygen atoms in total. The minimum absolute atomic E-state index is 0.159. The largest absolute Gasteiger partial charge is 0.416 e. The summed E-state index contributed by atoms with van der Waals surface area (Å²) in [5, 5.41) is 7.57. The van der Waals surface area contributed by atoms with Crippen LogP contribution in [-0.4, -0.2) is 18.9 Å². The second-order valence-corrected chi connectivity index (χ2v) is 5.83. The number of hydrogen-bond donors (Lipinski definition) is 2. The van der Waals surface area contributed by atoms with Gasteiger partial charge in [-0.15, -0.1) is 0 Å². The number of nitrogens with zero attached hydrogens (tertiary/aromatic N) is 1. The molecule has 0 aromatic heterocycles. The molecule has 0 aliphatic carbocycles. The van der Waals surface area contributed by atoms with Gasteiger partial charge in [-0.25, -0.2) is 0 Å². The van der Waals surface area contributed by atoms with Gasteiger partial charge < -0.3 is 10.6 Å². The summed E-state index contributed by atoms with van der Waals surface area (Å²) < 4.78 is 38.4. The van der Waals surface area contributed by atoms with Crippen LogP contribution in [0.3, 0.4) is 0 Å². The van der Waals surface area contributed by atoms with Crippen LogP contribution in [0.1, 0.15) is 31.4 Å². The molecule has 1 aliphatic rings. The molecule has 21 heavy (non-hydrogen) atoms. The summed E-state index contributed by atoms with van der Waals surface area (Å²) in [4.78, 5) is 2.03. The van der Waals surface area contributed by atoms with E-state index in [1.165, 1.54) is 6.07 Å². The first-order chi connectivity index (χ1) is 9.70. The third-order valence-corrected chi connectivity index (χ3v) is 4.29. The maximum Gasteiger partial charge on any atom is 0.416 e. The summed E-state index contributed by atoms with van der Waals surface area (Å²) in [6.45, 7) is 5.86. The highest BCUT2D eigenvalue weighted by molar-refractivity contribution is 6.00. The average Bonchev–Trinajstić information content (AvgIpc) is 2.40. The van der Waals surface area contributed by atoms with Gasteiger partial charge in [0.05, 0.1) is 5.56 Å². The lowest BCUT2D eigenvalue weighted by Gasteiger charge is -2.37. The van der Waals surface area contributed by atoms with Crippen molar-refractivity contribution in [3.63, 3.8) is 0 Å². The van der Waals surface area contributed by atoms with Crippen LogP contribution >= 0.6 is 0 Å². The number of halogens is 3. The van der Waals surface area contributed by atoms with Gasteiger partial charge in [-0.1, -0.05) is 13.8 Å². The van der Waals surface area contributed by atoms with E-state index < -0.39 is 11.7 Å². The second-order valence-electron chi connectivity index (χ2n) is 5.83. The van der Waals surface area contributed by atoms with Crippen LogP contribution in [0.25, 0.3) is 0 Å². The number of amidine groups is 1. The maximum atomic E-state index is 12.8. The number of hydrogen-bond acceptors (Lipinski definition) is 2. The van der Waals surface area contributed by atoms with Crippen molar-refractivity contribution in [3.8, 4) is 0 Å². The molecule has 1 aromatic carbocycles. The third-order valence-electron chi connectivity index (χ3n) is 4.29. The molecule has 1 fully saturated rings. The summed E-state index contributed by atoms with van der Waals surface area (Å²) in [6.07, 6.45) is -3.44. The van der Waals surface area contributed by atoms with Gasteiger partial charge in [0.2, 0.25) is 0 Å². The number of anilines is 1. The summed E-state index contributed by atoms with van der Waals surface area (Å²) >= 11 is 0. The zero-order valence-corrected chi connectivity index (χ0v) is 12.2. The SMILES string of the molecule is CC1CCN(c2ccc(C(F)(F)F)cc2C(=N)N)CC1C. The Hall–Kier alpha value is -1.72. The van der Waals surface area contributed by atoms with Crippen LogP contribution < -0.4 is 10.6 Å². The molecule has 1 aliphatic heterocycles. The average molecular weight is 299 g/mol. The minimum Gasteiger partial charge on any atom is -0.384 e. The smallest absolute Gasteiger partial charge is 0.384 e. The molecule has 0 spiro atoms. The van der Waals surface area contributed by atoms with E-state index in [0.717, 1.165) is 31.6 Å². The fourth-order valence-corrected chi connectivity index (χ4v) is 2.69. The van der Waals surface area contributed by atoms with Crippen molar-refractivity contribution in [2.75, 3.05) is 18.0 Å². The van der Waals surface area contributed by atoms with Crippen LogP contribution in [0.5, 0.6) is 0 Å². The van der Waals surface area contributed by atoms with Crippen LogP contribution in [-0.2, 0) is 6.18 Å². The molecule has 0 amide bonds. The third kappa shape index (κ3) is 3.31. The number of alkyl halides is 3. The van der Waals surface area contributed by atoms with Crippen molar-refractivity contribution in [2.24, 2.45) is 17.6 Å². The topological polar surface area (TPSA) is 53.1 Å². The molecule has 1 aromatic rings. The second kappa shape index (κ2) is 5.58. The van der Waals surface area contributed by atoms with E-state index in [4.69, 9.17) is 11.1 Å². The summed E-state index contributed by atoms with van der Waals surface area (Å²) in [5.74, 6) is 0.722. The van der Waals surface area contributed by atoms with Gasteiger partial charge in [0.1, 0.15) is 5.84 Å². The molecule has 0 bridgehead atoms. The molecule has 2 rings (SSSR count). The maximum absolute atomic E-state index is 12.8. The Labute approximate surface area is 122 Å². The van der Waals surface area contributed by atoms with E-state index in [9.17, 15) is 13.2 Å². The van der Waals surface area contributed by atoms with E-state index in [0.29, 0.717) is 17.5 Å². The Morgan fingerprint density at radius 1 is 1.29 bits per heavy atom.